The van der Waals surface area contributed by atoms with Gasteiger partial charge >= 0.3 is 0 Å². The fraction of sp³-hybridized carbons (Fsp3) is 0.833. The van der Waals surface area contributed by atoms with Crippen LogP contribution in [0, 0.1) is 23.2 Å². The number of hydrogen-bond donors (Lipinski definition) is 0. The molecule has 0 amide bonds. The molecular weight excluding hydrogens is 208 g/mol. The van der Waals surface area contributed by atoms with E-state index in [1.807, 2.05) is 20.8 Å². The lowest BCUT2D eigenvalue weighted by molar-refractivity contribution is -0.319. The van der Waals surface area contributed by atoms with Gasteiger partial charge in [-0.1, -0.05) is 20.8 Å². The van der Waals surface area contributed by atoms with Crippen LogP contribution in [0.15, 0.2) is 0 Å². The van der Waals surface area contributed by atoms with E-state index in [2.05, 4.69) is 0 Å². The predicted molar refractivity (Wildman–Crippen MR) is 53.8 cm³/mol. The average Bonchev–Trinajstić information content (AvgIpc) is 2.15. The Morgan fingerprint density at radius 1 is 0.938 bits per heavy atom. The first-order chi connectivity index (χ1) is 7.21. The van der Waals surface area contributed by atoms with Crippen molar-refractivity contribution < 1.29 is 19.8 Å². The fourth-order valence-electron chi connectivity index (χ4n) is 2.41. The van der Waals surface area contributed by atoms with Gasteiger partial charge in [0.05, 0.1) is 0 Å². The van der Waals surface area contributed by atoms with Crippen molar-refractivity contribution in [1.82, 2.24) is 0 Å². The van der Waals surface area contributed by atoms with E-state index in [9.17, 15) is 19.8 Å². The van der Waals surface area contributed by atoms with Crippen LogP contribution in [0.4, 0.5) is 0 Å². The molecule has 0 aromatic rings. The second-order valence-electron chi connectivity index (χ2n) is 5.80. The van der Waals surface area contributed by atoms with Crippen molar-refractivity contribution in [2.24, 2.45) is 23.2 Å². The van der Waals surface area contributed by atoms with Crippen LogP contribution >= 0.6 is 0 Å². The van der Waals surface area contributed by atoms with Crippen LogP contribution in [-0.4, -0.2) is 11.9 Å². The van der Waals surface area contributed by atoms with Gasteiger partial charge in [0.15, 0.2) is 0 Å². The van der Waals surface area contributed by atoms with Gasteiger partial charge in [-0.15, -0.1) is 0 Å². The molecule has 0 aliphatic heterocycles. The van der Waals surface area contributed by atoms with Crippen LogP contribution in [0.5, 0.6) is 0 Å². The topological polar surface area (TPSA) is 80.3 Å². The maximum atomic E-state index is 10.9. The summed E-state index contributed by atoms with van der Waals surface area (Å²) < 4.78 is 0. The number of carboxylic acids is 2. The molecule has 0 aromatic carbocycles. The third-order valence-corrected chi connectivity index (χ3v) is 3.60. The van der Waals surface area contributed by atoms with Crippen molar-refractivity contribution in [2.45, 2.75) is 40.0 Å². The highest BCUT2D eigenvalue weighted by molar-refractivity contribution is 5.72. The monoisotopic (exact) mass is 226 g/mol. The summed E-state index contributed by atoms with van der Waals surface area (Å²) in [6, 6.07) is 0. The zero-order valence-electron chi connectivity index (χ0n) is 9.99. The molecule has 0 bridgehead atoms. The SMILES string of the molecule is CC(C)(C)C1C[C@@H](C(=O)[O-])C[C@H](C(=O)[O-])C1. The lowest BCUT2D eigenvalue weighted by Crippen LogP contribution is -2.44. The Morgan fingerprint density at radius 3 is 1.56 bits per heavy atom. The van der Waals surface area contributed by atoms with Crippen LogP contribution in [-0.2, 0) is 9.59 Å². The summed E-state index contributed by atoms with van der Waals surface area (Å²) in [6.07, 6.45) is 1.17. The Labute approximate surface area is 95.7 Å². The van der Waals surface area contributed by atoms with E-state index in [4.69, 9.17) is 0 Å². The van der Waals surface area contributed by atoms with Crippen molar-refractivity contribution in [3.05, 3.63) is 0 Å². The highest BCUT2D eigenvalue weighted by atomic mass is 16.4. The lowest BCUT2D eigenvalue weighted by Gasteiger charge is -2.42. The molecule has 0 aromatic heterocycles. The minimum Gasteiger partial charge on any atom is -0.550 e. The molecule has 0 unspecified atom stereocenters. The molecule has 0 saturated heterocycles. The third kappa shape index (κ3) is 2.97. The van der Waals surface area contributed by atoms with E-state index in [1.165, 1.54) is 0 Å². The Hall–Kier alpha value is -1.06. The predicted octanol–water partition coefficient (Wildman–Crippen LogP) is -0.435. The maximum absolute atomic E-state index is 10.9. The van der Waals surface area contributed by atoms with Crippen LogP contribution in [0.25, 0.3) is 0 Å². The van der Waals surface area contributed by atoms with E-state index >= 15 is 0 Å². The number of carbonyl (C=O) groups excluding carboxylic acids is 2. The smallest absolute Gasteiger partial charge is 0.0445 e. The largest absolute Gasteiger partial charge is 0.550 e. The molecule has 0 N–H and O–H groups in total. The van der Waals surface area contributed by atoms with Crippen molar-refractivity contribution in [1.29, 1.82) is 0 Å². The summed E-state index contributed by atoms with van der Waals surface area (Å²) in [5.74, 6) is -3.49. The standard InChI is InChI=1S/C12H20O4/c1-12(2,3)9-5-7(10(13)14)4-8(6-9)11(15)16/h7-9H,4-6H2,1-3H3,(H,13,14)(H,15,16)/p-2/t7-,8-/m0/s1. The number of hydrogen-bond acceptors (Lipinski definition) is 4. The second-order valence-corrected chi connectivity index (χ2v) is 5.80. The number of aliphatic carboxylic acids is 2. The molecule has 1 saturated carbocycles. The van der Waals surface area contributed by atoms with Crippen molar-refractivity contribution >= 4 is 11.9 Å². The summed E-state index contributed by atoms with van der Waals surface area (Å²) in [5, 5.41) is 21.7. The Kier molecular flexibility index (Phi) is 3.61. The number of rotatable bonds is 2. The molecule has 4 heteroatoms. The number of carbonyl (C=O) groups is 2. The minimum atomic E-state index is -1.14. The van der Waals surface area contributed by atoms with Crippen LogP contribution < -0.4 is 10.2 Å². The summed E-state index contributed by atoms with van der Waals surface area (Å²) in [4.78, 5) is 21.7. The first kappa shape index (κ1) is 13.0. The van der Waals surface area contributed by atoms with Crippen LogP contribution in [0.2, 0.25) is 0 Å². The molecule has 1 rings (SSSR count). The maximum Gasteiger partial charge on any atom is 0.0445 e. The molecule has 4 nitrogen and oxygen atoms in total. The van der Waals surface area contributed by atoms with Crippen molar-refractivity contribution in [3.8, 4) is 0 Å². The van der Waals surface area contributed by atoms with Gasteiger partial charge in [-0.3, -0.25) is 0 Å². The van der Waals surface area contributed by atoms with E-state index in [0.717, 1.165) is 0 Å². The van der Waals surface area contributed by atoms with Gasteiger partial charge in [-0.05, 0) is 42.4 Å². The van der Waals surface area contributed by atoms with Gasteiger partial charge in [0, 0.05) is 11.9 Å². The summed E-state index contributed by atoms with van der Waals surface area (Å²) in [7, 11) is 0. The van der Waals surface area contributed by atoms with Gasteiger partial charge in [0.2, 0.25) is 0 Å². The van der Waals surface area contributed by atoms with Gasteiger partial charge in [0.25, 0.3) is 0 Å². The highest BCUT2D eigenvalue weighted by Gasteiger charge is 2.36. The molecule has 16 heavy (non-hydrogen) atoms. The molecule has 1 aliphatic carbocycles. The van der Waals surface area contributed by atoms with Gasteiger partial charge in [0.1, 0.15) is 0 Å². The molecule has 1 aliphatic rings. The van der Waals surface area contributed by atoms with Crippen LogP contribution in [0.1, 0.15) is 40.0 Å². The lowest BCUT2D eigenvalue weighted by atomic mass is 9.66. The Morgan fingerprint density at radius 2 is 1.31 bits per heavy atom. The second kappa shape index (κ2) is 4.44. The third-order valence-electron chi connectivity index (χ3n) is 3.60. The van der Waals surface area contributed by atoms with Gasteiger partial charge < -0.3 is 19.8 Å². The first-order valence-corrected chi connectivity index (χ1v) is 5.63. The summed E-state index contributed by atoms with van der Waals surface area (Å²) in [6.45, 7) is 6.00. The first-order valence-electron chi connectivity index (χ1n) is 5.63. The summed E-state index contributed by atoms with van der Waals surface area (Å²) in [5.41, 5.74) is -0.0815. The zero-order valence-corrected chi connectivity index (χ0v) is 9.99. The van der Waals surface area contributed by atoms with Gasteiger partial charge in [-0.2, -0.15) is 0 Å². The normalized spacial score (nSPS) is 31.1. The van der Waals surface area contributed by atoms with E-state index in [-0.39, 0.29) is 17.8 Å². The number of carboxylic acid groups (broad SMARTS) is 2. The molecule has 0 heterocycles. The van der Waals surface area contributed by atoms with E-state index in [0.29, 0.717) is 12.8 Å². The molecule has 0 spiro atoms. The summed E-state index contributed by atoms with van der Waals surface area (Å²) >= 11 is 0. The van der Waals surface area contributed by atoms with E-state index in [1.54, 1.807) is 0 Å². The molecule has 1 fully saturated rings. The van der Waals surface area contributed by atoms with Gasteiger partial charge in [-0.25, -0.2) is 0 Å². The highest BCUT2D eigenvalue weighted by Crippen LogP contribution is 2.42. The molecule has 2 atom stereocenters. The molecule has 0 radical (unpaired) electrons. The van der Waals surface area contributed by atoms with Crippen LogP contribution in [0.3, 0.4) is 0 Å². The van der Waals surface area contributed by atoms with Crippen molar-refractivity contribution in [3.63, 3.8) is 0 Å². The van der Waals surface area contributed by atoms with E-state index < -0.39 is 23.8 Å². The quantitative estimate of drug-likeness (QED) is 0.639. The average molecular weight is 226 g/mol. The zero-order chi connectivity index (χ0) is 12.5. The van der Waals surface area contributed by atoms with Crippen molar-refractivity contribution in [2.75, 3.05) is 0 Å². The molecular formula is C12H18O4-2. The fourth-order valence-corrected chi connectivity index (χ4v) is 2.41. The minimum absolute atomic E-state index is 0.0815. The Bertz CT molecular complexity index is 268. The Balaban J connectivity index is 2.82. The molecule has 92 valence electrons.